The number of carbonyl (C=O) groups is 1. The third kappa shape index (κ3) is 5.39. The number of thiazole rings is 1. The van der Waals surface area contributed by atoms with Crippen molar-refractivity contribution < 1.29 is 26.5 Å². The van der Waals surface area contributed by atoms with E-state index in [0.717, 1.165) is 50.2 Å². The molecule has 0 unspecified atom stereocenters. The average Bonchev–Trinajstić information content (AvgIpc) is 3.34. The summed E-state index contributed by atoms with van der Waals surface area (Å²) >= 11 is 1.57. The second-order valence-electron chi connectivity index (χ2n) is 8.46. The molecule has 0 saturated carbocycles. The van der Waals surface area contributed by atoms with Gasteiger partial charge in [0.25, 0.3) is 0 Å². The molecule has 0 fully saturated rings. The minimum Gasteiger partial charge on any atom is -0.726 e. The van der Waals surface area contributed by atoms with Crippen LogP contribution >= 0.6 is 11.3 Å². The number of benzene rings is 3. The molecule has 192 valence electrons. The van der Waals surface area contributed by atoms with E-state index in [9.17, 15) is 17.8 Å². The molecule has 1 amide bonds. The van der Waals surface area contributed by atoms with Gasteiger partial charge in [0.05, 0.1) is 30.1 Å². The van der Waals surface area contributed by atoms with Crippen LogP contribution in [0.15, 0.2) is 71.3 Å². The van der Waals surface area contributed by atoms with Crippen molar-refractivity contribution in [3.63, 3.8) is 0 Å². The predicted octanol–water partition coefficient (Wildman–Crippen LogP) is 3.84. The third-order valence-electron chi connectivity index (χ3n) is 5.88. The van der Waals surface area contributed by atoms with Crippen LogP contribution in [-0.4, -0.2) is 45.8 Å². The highest BCUT2D eigenvalue weighted by atomic mass is 32.3. The van der Waals surface area contributed by atoms with Gasteiger partial charge in [0, 0.05) is 25.2 Å². The Balaban J connectivity index is 0.000000480. The smallest absolute Gasteiger partial charge is 0.370 e. The Labute approximate surface area is 219 Å². The highest BCUT2D eigenvalue weighted by molar-refractivity contribution is 7.80. The molecule has 2 heterocycles. The maximum absolute atomic E-state index is 13.4. The Morgan fingerprint density at radius 2 is 1.68 bits per heavy atom. The molecule has 1 aromatic heterocycles. The van der Waals surface area contributed by atoms with Crippen molar-refractivity contribution in [2.45, 2.75) is 6.92 Å². The van der Waals surface area contributed by atoms with Crippen LogP contribution in [0.4, 0.5) is 10.8 Å². The zero-order chi connectivity index (χ0) is 26.9. The van der Waals surface area contributed by atoms with Gasteiger partial charge in [0.15, 0.2) is 0 Å². The molecule has 0 atom stereocenters. The maximum atomic E-state index is 13.4. The van der Waals surface area contributed by atoms with Gasteiger partial charge in [0.1, 0.15) is 5.52 Å². The van der Waals surface area contributed by atoms with E-state index in [-0.39, 0.29) is 5.91 Å². The van der Waals surface area contributed by atoms with Crippen LogP contribution in [0.3, 0.4) is 0 Å². The average molecular weight is 539 g/mol. The number of hydrazone groups is 1. The first-order chi connectivity index (χ1) is 17.5. The van der Waals surface area contributed by atoms with Gasteiger partial charge in [-0.3, -0.25) is 4.18 Å². The second kappa shape index (κ2) is 10.4. The maximum Gasteiger partial charge on any atom is 0.370 e. The molecule has 0 radical (unpaired) electrons. The highest BCUT2D eigenvalue weighted by Crippen LogP contribution is 2.33. The van der Waals surface area contributed by atoms with Crippen LogP contribution in [0.5, 0.6) is 0 Å². The highest BCUT2D eigenvalue weighted by Gasteiger charge is 2.39. The first-order valence-electron chi connectivity index (χ1n) is 11.2. The summed E-state index contributed by atoms with van der Waals surface area (Å²) < 4.78 is 34.2. The van der Waals surface area contributed by atoms with Crippen LogP contribution in [0, 0.1) is 0 Å². The molecule has 3 aromatic carbocycles. The lowest BCUT2D eigenvalue weighted by Gasteiger charge is -2.16. The molecule has 0 saturated heterocycles. The van der Waals surface area contributed by atoms with Gasteiger partial charge in [-0.25, -0.2) is 17.8 Å². The van der Waals surface area contributed by atoms with E-state index in [2.05, 4.69) is 50.6 Å². The summed E-state index contributed by atoms with van der Waals surface area (Å²) in [5.41, 5.74) is 4.61. The van der Waals surface area contributed by atoms with Crippen LogP contribution < -0.4 is 14.5 Å². The number of hydrogen-bond donors (Lipinski definition) is 0. The summed E-state index contributed by atoms with van der Waals surface area (Å²) in [6, 6.07) is 20.6. The number of amides is 1. The Kier molecular flexibility index (Phi) is 7.42. The SMILES string of the molecule is CC1=NN(c2sc3ccccc3[n+]2C)C(=O)/C1=C/c1ccc(N(C)C)c2ccccc12.COS(=O)(=O)[O-]. The minimum absolute atomic E-state index is 0.0968. The van der Waals surface area contributed by atoms with E-state index in [4.69, 9.17) is 0 Å². The number of nitrogens with zero attached hydrogens (tertiary/aromatic N) is 4. The summed E-state index contributed by atoms with van der Waals surface area (Å²) in [5, 5.41) is 9.23. The summed E-state index contributed by atoms with van der Waals surface area (Å²) in [6.07, 6.45) is 1.97. The van der Waals surface area contributed by atoms with Crippen molar-refractivity contribution >= 4 is 71.2 Å². The predicted molar refractivity (Wildman–Crippen MR) is 147 cm³/mol. The monoisotopic (exact) mass is 538 g/mol. The van der Waals surface area contributed by atoms with Gasteiger partial charge in [-0.1, -0.05) is 47.6 Å². The molecule has 1 aliphatic heterocycles. The standard InChI is InChI=1S/C25H23N4OS.CH4O4S/c1-16-20(15-17-13-14-21(27(2)3)19-10-6-5-9-18(17)19)24(30)29(26-16)25-28(4)22-11-7-8-12-23(22)31-25;1-5-6(2,3)4/h5-15H,1-4H3;1H3,(H,2,3,4)/q+1;/p-1/b20-15+;. The lowest BCUT2D eigenvalue weighted by molar-refractivity contribution is -0.627. The molecule has 5 rings (SSSR count). The zero-order valence-electron chi connectivity index (χ0n) is 21.0. The number of fused-ring (bicyclic) bond motifs is 2. The molecule has 11 heteroatoms. The molecule has 0 aliphatic carbocycles. The Morgan fingerprint density at radius 1 is 1.05 bits per heavy atom. The molecular weight excluding hydrogens is 512 g/mol. The van der Waals surface area contributed by atoms with Gasteiger partial charge in [0.2, 0.25) is 10.4 Å². The number of rotatable bonds is 4. The minimum atomic E-state index is -4.41. The molecule has 9 nitrogen and oxygen atoms in total. The fourth-order valence-corrected chi connectivity index (χ4v) is 5.17. The first kappa shape index (κ1) is 26.4. The van der Waals surface area contributed by atoms with E-state index in [0.29, 0.717) is 5.57 Å². The van der Waals surface area contributed by atoms with Crippen molar-refractivity contribution in [3.8, 4) is 0 Å². The van der Waals surface area contributed by atoms with Gasteiger partial charge >= 0.3 is 11.0 Å². The van der Waals surface area contributed by atoms with E-state index in [1.165, 1.54) is 5.01 Å². The fraction of sp³-hybridized carbons (Fsp3) is 0.192. The largest absolute Gasteiger partial charge is 0.726 e. The van der Waals surface area contributed by atoms with Crippen LogP contribution in [0.1, 0.15) is 12.5 Å². The lowest BCUT2D eigenvalue weighted by Crippen LogP contribution is -2.36. The van der Waals surface area contributed by atoms with Gasteiger partial charge in [-0.15, -0.1) is 0 Å². The van der Waals surface area contributed by atoms with Gasteiger partial charge < -0.3 is 9.45 Å². The van der Waals surface area contributed by atoms with Crippen LogP contribution in [-0.2, 0) is 26.4 Å². The summed E-state index contributed by atoms with van der Waals surface area (Å²) in [5.74, 6) is -0.0968. The van der Waals surface area contributed by atoms with E-state index in [1.807, 2.05) is 63.0 Å². The van der Waals surface area contributed by atoms with Crippen molar-refractivity contribution in [3.05, 3.63) is 71.8 Å². The van der Waals surface area contributed by atoms with Gasteiger partial charge in [-0.05, 0) is 58.5 Å². The second-order valence-corrected chi connectivity index (χ2v) is 10.6. The van der Waals surface area contributed by atoms with Crippen molar-refractivity contribution in [1.29, 1.82) is 0 Å². The number of aryl methyl sites for hydroxylation is 1. The number of aromatic nitrogens is 1. The van der Waals surface area contributed by atoms with E-state index in [1.54, 1.807) is 11.3 Å². The summed E-state index contributed by atoms with van der Waals surface area (Å²) in [4.78, 5) is 15.5. The molecule has 0 bridgehead atoms. The van der Waals surface area contributed by atoms with Crippen LogP contribution in [0.2, 0.25) is 0 Å². The molecule has 0 N–H and O–H groups in total. The first-order valence-corrected chi connectivity index (χ1v) is 13.4. The summed E-state index contributed by atoms with van der Waals surface area (Å²) in [6.45, 7) is 1.90. The Bertz CT molecular complexity index is 1670. The normalized spacial score (nSPS) is 14.8. The summed E-state index contributed by atoms with van der Waals surface area (Å²) in [7, 11) is 2.45. The molecule has 4 aromatic rings. The molecule has 0 spiro atoms. The number of anilines is 2. The Hall–Kier alpha value is -3.64. The van der Waals surface area contributed by atoms with Crippen LogP contribution in [0.25, 0.3) is 27.1 Å². The van der Waals surface area contributed by atoms with Crippen molar-refractivity contribution in [1.82, 2.24) is 0 Å². The Morgan fingerprint density at radius 3 is 2.30 bits per heavy atom. The number of carbonyl (C=O) groups excluding carboxylic acids is 1. The number of para-hydroxylation sites is 1. The van der Waals surface area contributed by atoms with Gasteiger partial charge in [-0.2, -0.15) is 0 Å². The van der Waals surface area contributed by atoms with E-state index < -0.39 is 10.4 Å². The number of hydrogen-bond acceptors (Lipinski definition) is 8. The van der Waals surface area contributed by atoms with Crippen molar-refractivity contribution in [2.75, 3.05) is 31.1 Å². The third-order valence-corrected chi connectivity index (χ3v) is 7.48. The zero-order valence-corrected chi connectivity index (χ0v) is 22.6. The quantitative estimate of drug-likeness (QED) is 0.169. The lowest BCUT2D eigenvalue weighted by atomic mass is 9.99. The topological polar surface area (TPSA) is 106 Å². The van der Waals surface area contributed by atoms with E-state index >= 15 is 0 Å². The molecular formula is C26H26N4O5S2. The fourth-order valence-electron chi connectivity index (χ4n) is 4.07. The molecule has 1 aliphatic rings. The molecule has 37 heavy (non-hydrogen) atoms. The van der Waals surface area contributed by atoms with Crippen molar-refractivity contribution in [2.24, 2.45) is 12.1 Å².